The molecule has 1 aliphatic rings. The molecule has 0 heterocycles. The van der Waals surface area contributed by atoms with Crippen LogP contribution in [0.1, 0.15) is 24.8 Å². The molecule has 0 saturated heterocycles. The first-order valence-corrected chi connectivity index (χ1v) is 10.0. The van der Waals surface area contributed by atoms with Gasteiger partial charge >= 0.3 is 0 Å². The molecule has 1 saturated carbocycles. The first kappa shape index (κ1) is 17.0. The maximum atomic E-state index is 12.4. The molecule has 0 aromatic heterocycles. The van der Waals surface area contributed by atoms with E-state index in [0.29, 0.717) is 10.8 Å². The Labute approximate surface area is 139 Å². The number of halogens is 1. The van der Waals surface area contributed by atoms with E-state index < -0.39 is 10.0 Å². The second-order valence-corrected chi connectivity index (χ2v) is 8.67. The predicted molar refractivity (Wildman–Crippen MR) is 92.6 cm³/mol. The molecule has 3 N–H and O–H groups in total. The summed E-state index contributed by atoms with van der Waals surface area (Å²) < 4.78 is 27.6. The predicted octanol–water partition coefficient (Wildman–Crippen LogP) is 2.54. The Kier molecular flexibility index (Phi) is 5.54. The van der Waals surface area contributed by atoms with Gasteiger partial charge in [0.15, 0.2) is 0 Å². The second-order valence-electron chi connectivity index (χ2n) is 5.00. The summed E-state index contributed by atoms with van der Waals surface area (Å²) >= 11 is 12.7. The molecule has 0 amide bonds. The van der Waals surface area contributed by atoms with E-state index in [1.165, 1.54) is 12.1 Å². The molecule has 1 aliphatic carbocycles. The lowest BCUT2D eigenvalue weighted by molar-refractivity contribution is 0.552. The molecule has 8 heteroatoms. The molecule has 1 aromatic carbocycles. The van der Waals surface area contributed by atoms with E-state index in [9.17, 15) is 8.42 Å². The maximum absolute atomic E-state index is 12.4. The normalized spacial score (nSPS) is 22.4. The quantitative estimate of drug-likeness (QED) is 0.785. The highest BCUT2D eigenvalue weighted by molar-refractivity contribution is 7.99. The van der Waals surface area contributed by atoms with Gasteiger partial charge < -0.3 is 5.73 Å². The Morgan fingerprint density at radius 3 is 2.71 bits per heavy atom. The Morgan fingerprint density at radius 1 is 1.48 bits per heavy atom. The first-order valence-electron chi connectivity index (χ1n) is 6.48. The van der Waals surface area contributed by atoms with Gasteiger partial charge in [0.1, 0.15) is 9.88 Å². The van der Waals surface area contributed by atoms with Crippen LogP contribution >= 0.6 is 35.6 Å². The Hall–Kier alpha value is -0.340. The van der Waals surface area contributed by atoms with Crippen molar-refractivity contribution in [2.45, 2.75) is 35.4 Å². The van der Waals surface area contributed by atoms with Gasteiger partial charge in [-0.3, -0.25) is 0 Å². The summed E-state index contributed by atoms with van der Waals surface area (Å²) in [4.78, 5) is 0.254. The molecule has 1 fully saturated rings. The van der Waals surface area contributed by atoms with Gasteiger partial charge in [0.2, 0.25) is 10.0 Å². The Morgan fingerprint density at radius 2 is 2.19 bits per heavy atom. The van der Waals surface area contributed by atoms with Crippen molar-refractivity contribution in [2.75, 3.05) is 6.26 Å². The zero-order valence-electron chi connectivity index (χ0n) is 11.5. The van der Waals surface area contributed by atoms with Gasteiger partial charge in [-0.2, -0.15) is 11.8 Å². The lowest BCUT2D eigenvalue weighted by Gasteiger charge is -2.14. The number of sulfonamides is 1. The number of thiocarbonyl (C=S) groups is 1. The standard InChI is InChI=1S/C13H17ClN2O2S3/c1-20-10-4-3-9(7-10)16-21(17,18)12-5-2-8(13(15)19)6-11(12)14/h2,5-6,9-10,16H,3-4,7H2,1H3,(H2,15,19). The monoisotopic (exact) mass is 364 g/mol. The third kappa shape index (κ3) is 4.10. The minimum atomic E-state index is -3.62. The minimum Gasteiger partial charge on any atom is -0.389 e. The number of nitrogens with one attached hydrogen (secondary N) is 1. The highest BCUT2D eigenvalue weighted by Crippen LogP contribution is 2.30. The summed E-state index contributed by atoms with van der Waals surface area (Å²) in [6, 6.07) is 4.47. The van der Waals surface area contributed by atoms with Gasteiger partial charge in [0, 0.05) is 16.9 Å². The fourth-order valence-corrected chi connectivity index (χ4v) is 5.17. The van der Waals surface area contributed by atoms with Crippen LogP contribution in [-0.2, 0) is 10.0 Å². The van der Waals surface area contributed by atoms with Crippen LogP contribution in [-0.4, -0.2) is 31.0 Å². The number of hydrogen-bond acceptors (Lipinski definition) is 4. The first-order chi connectivity index (χ1) is 9.83. The molecular formula is C13H17ClN2O2S3. The summed E-state index contributed by atoms with van der Waals surface area (Å²) in [6.45, 7) is 0. The van der Waals surface area contributed by atoms with E-state index in [1.54, 1.807) is 17.8 Å². The summed E-state index contributed by atoms with van der Waals surface area (Å²) in [6.07, 6.45) is 4.78. The molecule has 116 valence electrons. The number of thioether (sulfide) groups is 1. The van der Waals surface area contributed by atoms with Gasteiger partial charge in [-0.05, 0) is 37.7 Å². The van der Waals surface area contributed by atoms with Crippen LogP contribution in [0.3, 0.4) is 0 Å². The van der Waals surface area contributed by atoms with Gasteiger partial charge in [0.05, 0.1) is 5.02 Å². The van der Waals surface area contributed by atoms with Gasteiger partial charge in [0.25, 0.3) is 0 Å². The molecule has 0 spiro atoms. The third-order valence-corrected chi connectivity index (χ3v) is 6.88. The molecule has 2 rings (SSSR count). The van der Waals surface area contributed by atoms with Crippen LogP contribution in [0, 0.1) is 0 Å². The summed E-state index contributed by atoms with van der Waals surface area (Å²) in [7, 11) is -3.62. The number of rotatable bonds is 5. The molecule has 1 aromatic rings. The number of benzene rings is 1. The van der Waals surface area contributed by atoms with E-state index in [2.05, 4.69) is 4.72 Å². The molecular weight excluding hydrogens is 348 g/mol. The van der Waals surface area contributed by atoms with E-state index in [4.69, 9.17) is 29.6 Å². The van der Waals surface area contributed by atoms with Crippen LogP contribution < -0.4 is 10.5 Å². The van der Waals surface area contributed by atoms with Crippen molar-refractivity contribution in [1.82, 2.24) is 4.72 Å². The SMILES string of the molecule is CSC1CCC(NS(=O)(=O)c2ccc(C(N)=S)cc2Cl)C1. The van der Waals surface area contributed by atoms with Crippen LogP contribution in [0.4, 0.5) is 0 Å². The summed E-state index contributed by atoms with van der Waals surface area (Å²) in [5, 5.41) is 0.650. The van der Waals surface area contributed by atoms with Crippen LogP contribution in [0.25, 0.3) is 0 Å². The van der Waals surface area contributed by atoms with E-state index in [0.717, 1.165) is 19.3 Å². The van der Waals surface area contributed by atoms with Gasteiger partial charge in [-0.15, -0.1) is 0 Å². The number of hydrogen-bond donors (Lipinski definition) is 2. The van der Waals surface area contributed by atoms with Crippen LogP contribution in [0.15, 0.2) is 23.1 Å². The molecule has 4 nitrogen and oxygen atoms in total. The van der Waals surface area contributed by atoms with Crippen molar-refractivity contribution < 1.29 is 8.42 Å². The van der Waals surface area contributed by atoms with E-state index in [1.807, 2.05) is 6.26 Å². The van der Waals surface area contributed by atoms with Crippen LogP contribution in [0.5, 0.6) is 0 Å². The second kappa shape index (κ2) is 6.83. The minimum absolute atomic E-state index is 0.0289. The zero-order chi connectivity index (χ0) is 15.6. The molecule has 2 unspecified atom stereocenters. The van der Waals surface area contributed by atoms with Crippen molar-refractivity contribution >= 4 is 50.6 Å². The Bertz CT molecular complexity index is 649. The van der Waals surface area contributed by atoms with Crippen molar-refractivity contribution in [3.63, 3.8) is 0 Å². The van der Waals surface area contributed by atoms with Crippen LogP contribution in [0.2, 0.25) is 5.02 Å². The largest absolute Gasteiger partial charge is 0.389 e. The van der Waals surface area contributed by atoms with Crippen molar-refractivity contribution in [3.05, 3.63) is 28.8 Å². The van der Waals surface area contributed by atoms with Crippen molar-refractivity contribution in [1.29, 1.82) is 0 Å². The van der Waals surface area contributed by atoms with Gasteiger partial charge in [-0.25, -0.2) is 13.1 Å². The summed E-state index contributed by atoms with van der Waals surface area (Å²) in [5.74, 6) is 0. The lowest BCUT2D eigenvalue weighted by atomic mass is 10.2. The number of nitrogens with two attached hydrogens (primary N) is 1. The van der Waals surface area contributed by atoms with E-state index >= 15 is 0 Å². The average Bonchev–Trinajstić information content (AvgIpc) is 2.85. The molecule has 0 radical (unpaired) electrons. The molecule has 0 bridgehead atoms. The fraction of sp³-hybridized carbons (Fsp3) is 0.462. The fourth-order valence-electron chi connectivity index (χ4n) is 2.42. The highest BCUT2D eigenvalue weighted by atomic mass is 35.5. The topological polar surface area (TPSA) is 72.2 Å². The summed E-state index contributed by atoms with van der Waals surface area (Å²) in [5.41, 5.74) is 6.06. The smallest absolute Gasteiger partial charge is 0.242 e. The third-order valence-electron chi connectivity index (χ3n) is 3.55. The van der Waals surface area contributed by atoms with Gasteiger partial charge in [-0.1, -0.05) is 29.9 Å². The maximum Gasteiger partial charge on any atom is 0.242 e. The molecule has 21 heavy (non-hydrogen) atoms. The average molecular weight is 365 g/mol. The highest BCUT2D eigenvalue weighted by Gasteiger charge is 2.29. The Balaban J connectivity index is 2.18. The molecule has 2 atom stereocenters. The van der Waals surface area contributed by atoms with Crippen molar-refractivity contribution in [3.8, 4) is 0 Å². The lowest BCUT2D eigenvalue weighted by Crippen LogP contribution is -2.33. The molecule has 0 aliphatic heterocycles. The van der Waals surface area contributed by atoms with Crippen molar-refractivity contribution in [2.24, 2.45) is 5.73 Å². The zero-order valence-corrected chi connectivity index (χ0v) is 14.7. The van der Waals surface area contributed by atoms with E-state index in [-0.39, 0.29) is 20.9 Å².